The van der Waals surface area contributed by atoms with Crippen LogP contribution in [0.4, 0.5) is 11.5 Å². The maximum atomic E-state index is 12.8. The monoisotopic (exact) mass is 390 g/mol. The number of ether oxygens (including phenoxy) is 1. The molecule has 1 aromatic heterocycles. The lowest BCUT2D eigenvalue weighted by molar-refractivity contribution is 0.102. The third-order valence-corrected chi connectivity index (χ3v) is 4.26. The van der Waals surface area contributed by atoms with Crippen molar-refractivity contribution in [2.45, 2.75) is 33.1 Å². The Labute approximate surface area is 171 Å². The van der Waals surface area contributed by atoms with Crippen molar-refractivity contribution in [3.05, 3.63) is 72.2 Å². The van der Waals surface area contributed by atoms with Crippen LogP contribution < -0.4 is 15.4 Å². The van der Waals surface area contributed by atoms with Gasteiger partial charge in [-0.05, 0) is 37.6 Å². The average molecular weight is 390 g/mol. The number of carbonyl (C=O) groups is 1. The van der Waals surface area contributed by atoms with Crippen molar-refractivity contribution in [3.63, 3.8) is 0 Å². The summed E-state index contributed by atoms with van der Waals surface area (Å²) in [6.45, 7) is 4.76. The maximum Gasteiger partial charge on any atom is 0.274 e. The standard InChI is InChI=1S/C23H26N4O2/c1-3-4-10-15-24-22-16-20(25-17(2)26-22)23(28)27-19-13-8-9-14-21(19)29-18-11-6-5-7-12-18/h5-9,11-14,16H,3-4,10,15H2,1-2H3,(H,27,28)(H,24,25,26). The van der Waals surface area contributed by atoms with E-state index < -0.39 is 0 Å². The minimum absolute atomic E-state index is 0.309. The quantitative estimate of drug-likeness (QED) is 0.476. The number of hydrogen-bond acceptors (Lipinski definition) is 5. The molecule has 0 saturated heterocycles. The number of amides is 1. The first-order valence-electron chi connectivity index (χ1n) is 9.88. The summed E-state index contributed by atoms with van der Waals surface area (Å²) in [6.07, 6.45) is 3.37. The van der Waals surface area contributed by atoms with Gasteiger partial charge in [0.05, 0.1) is 5.69 Å². The smallest absolute Gasteiger partial charge is 0.274 e. The van der Waals surface area contributed by atoms with Gasteiger partial charge < -0.3 is 15.4 Å². The highest BCUT2D eigenvalue weighted by atomic mass is 16.5. The number of nitrogens with zero attached hydrogens (tertiary/aromatic N) is 2. The second-order valence-electron chi connectivity index (χ2n) is 6.68. The molecule has 0 fully saturated rings. The Bertz CT molecular complexity index is 945. The van der Waals surface area contributed by atoms with E-state index in [1.165, 1.54) is 0 Å². The fourth-order valence-electron chi connectivity index (χ4n) is 2.83. The second-order valence-corrected chi connectivity index (χ2v) is 6.68. The molecule has 0 aliphatic carbocycles. The number of para-hydroxylation sites is 3. The van der Waals surface area contributed by atoms with Gasteiger partial charge in [-0.1, -0.05) is 50.1 Å². The number of benzene rings is 2. The van der Waals surface area contributed by atoms with E-state index in [1.54, 1.807) is 19.1 Å². The molecule has 1 heterocycles. The number of aromatic nitrogens is 2. The molecule has 0 saturated carbocycles. The first-order valence-corrected chi connectivity index (χ1v) is 9.88. The molecule has 0 aliphatic rings. The number of aryl methyl sites for hydroxylation is 1. The van der Waals surface area contributed by atoms with E-state index in [-0.39, 0.29) is 5.91 Å². The average Bonchev–Trinajstić information content (AvgIpc) is 2.73. The Morgan fingerprint density at radius 2 is 1.76 bits per heavy atom. The van der Waals surface area contributed by atoms with E-state index in [0.29, 0.717) is 34.5 Å². The van der Waals surface area contributed by atoms with Gasteiger partial charge >= 0.3 is 0 Å². The lowest BCUT2D eigenvalue weighted by Crippen LogP contribution is -2.16. The zero-order valence-electron chi connectivity index (χ0n) is 16.8. The SMILES string of the molecule is CCCCCNc1cc(C(=O)Nc2ccccc2Oc2ccccc2)nc(C)n1. The van der Waals surface area contributed by atoms with Crippen LogP contribution in [-0.2, 0) is 0 Å². The summed E-state index contributed by atoms with van der Waals surface area (Å²) in [6, 6.07) is 18.4. The molecule has 0 atom stereocenters. The van der Waals surface area contributed by atoms with Crippen LogP contribution in [0.25, 0.3) is 0 Å². The van der Waals surface area contributed by atoms with Crippen LogP contribution >= 0.6 is 0 Å². The number of hydrogen-bond donors (Lipinski definition) is 2. The molecule has 1 amide bonds. The molecule has 3 aromatic rings. The molecule has 0 aliphatic heterocycles. The molecule has 0 radical (unpaired) electrons. The number of unbranched alkanes of at least 4 members (excludes halogenated alkanes) is 2. The van der Waals surface area contributed by atoms with Crippen LogP contribution in [0.1, 0.15) is 42.5 Å². The first-order chi connectivity index (χ1) is 14.2. The van der Waals surface area contributed by atoms with E-state index in [1.807, 2.05) is 48.5 Å². The van der Waals surface area contributed by atoms with Crippen LogP contribution in [-0.4, -0.2) is 22.4 Å². The number of nitrogens with one attached hydrogen (secondary N) is 2. The van der Waals surface area contributed by atoms with E-state index in [2.05, 4.69) is 27.5 Å². The largest absolute Gasteiger partial charge is 0.455 e. The van der Waals surface area contributed by atoms with Gasteiger partial charge in [-0.25, -0.2) is 9.97 Å². The van der Waals surface area contributed by atoms with Crippen LogP contribution in [0, 0.1) is 6.92 Å². The van der Waals surface area contributed by atoms with Crippen LogP contribution in [0.5, 0.6) is 11.5 Å². The summed E-state index contributed by atoms with van der Waals surface area (Å²) in [7, 11) is 0. The highest BCUT2D eigenvalue weighted by Gasteiger charge is 2.13. The Balaban J connectivity index is 1.73. The summed E-state index contributed by atoms with van der Waals surface area (Å²) in [5.74, 6) is 2.16. The van der Waals surface area contributed by atoms with Crippen molar-refractivity contribution in [3.8, 4) is 11.5 Å². The third kappa shape index (κ3) is 6.04. The highest BCUT2D eigenvalue weighted by molar-refractivity contribution is 6.04. The van der Waals surface area contributed by atoms with Gasteiger partial charge in [-0.3, -0.25) is 4.79 Å². The third-order valence-electron chi connectivity index (χ3n) is 4.26. The summed E-state index contributed by atoms with van der Waals surface area (Å²) in [5.41, 5.74) is 0.889. The van der Waals surface area contributed by atoms with E-state index in [0.717, 1.165) is 25.8 Å². The summed E-state index contributed by atoms with van der Waals surface area (Å²) >= 11 is 0. The highest BCUT2D eigenvalue weighted by Crippen LogP contribution is 2.29. The molecule has 2 N–H and O–H groups in total. The maximum absolute atomic E-state index is 12.8. The lowest BCUT2D eigenvalue weighted by Gasteiger charge is -2.13. The van der Waals surface area contributed by atoms with Crippen molar-refractivity contribution in [1.82, 2.24) is 9.97 Å². The fraction of sp³-hybridized carbons (Fsp3) is 0.261. The second kappa shape index (κ2) is 10.2. The molecule has 150 valence electrons. The van der Waals surface area contributed by atoms with Gasteiger partial charge in [0.2, 0.25) is 0 Å². The molecular formula is C23H26N4O2. The van der Waals surface area contributed by atoms with Crippen molar-refractivity contribution < 1.29 is 9.53 Å². The Kier molecular flexibility index (Phi) is 7.16. The lowest BCUT2D eigenvalue weighted by atomic mass is 10.2. The van der Waals surface area contributed by atoms with Gasteiger partial charge in [0, 0.05) is 12.6 Å². The Hall–Kier alpha value is -3.41. The number of anilines is 2. The minimum atomic E-state index is -0.309. The zero-order chi connectivity index (χ0) is 20.5. The van der Waals surface area contributed by atoms with Crippen molar-refractivity contribution in [1.29, 1.82) is 0 Å². The molecule has 29 heavy (non-hydrogen) atoms. The molecule has 6 nitrogen and oxygen atoms in total. The molecule has 3 rings (SSSR count). The minimum Gasteiger partial charge on any atom is -0.455 e. The Morgan fingerprint density at radius 1 is 1.00 bits per heavy atom. The predicted molar refractivity (Wildman–Crippen MR) is 116 cm³/mol. The molecule has 2 aromatic carbocycles. The molecular weight excluding hydrogens is 364 g/mol. The van der Waals surface area contributed by atoms with Crippen LogP contribution in [0.15, 0.2) is 60.7 Å². The van der Waals surface area contributed by atoms with Gasteiger partial charge in [0.15, 0.2) is 5.75 Å². The molecule has 0 unspecified atom stereocenters. The van der Waals surface area contributed by atoms with Crippen LogP contribution in [0.3, 0.4) is 0 Å². The summed E-state index contributed by atoms with van der Waals surface area (Å²) in [4.78, 5) is 21.5. The molecule has 6 heteroatoms. The Morgan fingerprint density at radius 3 is 2.55 bits per heavy atom. The topological polar surface area (TPSA) is 76.1 Å². The van der Waals surface area contributed by atoms with Gasteiger partial charge in [0.1, 0.15) is 23.1 Å². The first kappa shape index (κ1) is 20.3. The molecule has 0 spiro atoms. The fourth-order valence-corrected chi connectivity index (χ4v) is 2.83. The number of rotatable bonds is 9. The number of carbonyl (C=O) groups excluding carboxylic acids is 1. The normalized spacial score (nSPS) is 10.4. The summed E-state index contributed by atoms with van der Waals surface area (Å²) < 4.78 is 5.91. The van der Waals surface area contributed by atoms with Crippen molar-refractivity contribution in [2.24, 2.45) is 0 Å². The van der Waals surface area contributed by atoms with Gasteiger partial charge in [0.25, 0.3) is 5.91 Å². The van der Waals surface area contributed by atoms with Crippen molar-refractivity contribution in [2.75, 3.05) is 17.2 Å². The molecule has 0 bridgehead atoms. The van der Waals surface area contributed by atoms with E-state index >= 15 is 0 Å². The van der Waals surface area contributed by atoms with E-state index in [9.17, 15) is 4.79 Å². The van der Waals surface area contributed by atoms with Gasteiger partial charge in [-0.15, -0.1) is 0 Å². The summed E-state index contributed by atoms with van der Waals surface area (Å²) in [5, 5.41) is 6.16. The zero-order valence-corrected chi connectivity index (χ0v) is 16.8. The van der Waals surface area contributed by atoms with Crippen LogP contribution in [0.2, 0.25) is 0 Å². The van der Waals surface area contributed by atoms with E-state index in [4.69, 9.17) is 4.74 Å². The predicted octanol–water partition coefficient (Wildman–Crippen LogP) is 5.43. The van der Waals surface area contributed by atoms with Gasteiger partial charge in [-0.2, -0.15) is 0 Å². The van der Waals surface area contributed by atoms with Crippen molar-refractivity contribution >= 4 is 17.4 Å².